The van der Waals surface area contributed by atoms with Crippen LogP contribution in [0.15, 0.2) is 24.3 Å². The summed E-state index contributed by atoms with van der Waals surface area (Å²) in [5, 5.41) is 7.27. The molecule has 0 atom stereocenters. The first kappa shape index (κ1) is 14.0. The van der Waals surface area contributed by atoms with Gasteiger partial charge in [-0.15, -0.1) is 0 Å². The second kappa shape index (κ2) is 6.05. The molecule has 0 spiro atoms. The van der Waals surface area contributed by atoms with E-state index in [1.54, 1.807) is 24.1 Å². The highest BCUT2D eigenvalue weighted by atomic mass is 16.5. The van der Waals surface area contributed by atoms with Gasteiger partial charge in [-0.3, -0.25) is 5.41 Å². The Bertz CT molecular complexity index is 426. The highest BCUT2D eigenvalue weighted by molar-refractivity contribution is 5.89. The minimum Gasteiger partial charge on any atom is -0.459 e. The first-order valence-electron chi connectivity index (χ1n) is 5.75. The molecular weight excluding hydrogens is 230 g/mol. The van der Waals surface area contributed by atoms with Gasteiger partial charge in [-0.2, -0.15) is 0 Å². The number of benzene rings is 1. The highest BCUT2D eigenvalue weighted by Crippen LogP contribution is 2.08. The highest BCUT2D eigenvalue weighted by Gasteiger charge is 2.09. The van der Waals surface area contributed by atoms with Crippen molar-refractivity contribution >= 4 is 11.9 Å². The smallest absolute Gasteiger partial charge is 0.338 e. The summed E-state index contributed by atoms with van der Waals surface area (Å²) < 4.78 is 5.09. The molecular formula is C13H19N3O2. The third-order valence-corrected chi connectivity index (χ3v) is 2.36. The van der Waals surface area contributed by atoms with Crippen LogP contribution >= 0.6 is 0 Å². The Hall–Kier alpha value is -2.04. The molecule has 0 aliphatic heterocycles. The van der Waals surface area contributed by atoms with Crippen LogP contribution in [-0.2, 0) is 11.3 Å². The lowest BCUT2D eigenvalue weighted by Gasteiger charge is -2.16. The molecule has 0 saturated carbocycles. The van der Waals surface area contributed by atoms with Gasteiger partial charge in [0.1, 0.15) is 0 Å². The first-order chi connectivity index (χ1) is 8.40. The molecule has 3 N–H and O–H groups in total. The molecule has 0 unspecified atom stereocenters. The molecule has 0 fully saturated rings. The van der Waals surface area contributed by atoms with Crippen molar-refractivity contribution in [3.8, 4) is 0 Å². The second-order valence-corrected chi connectivity index (χ2v) is 4.39. The minimum absolute atomic E-state index is 0.0123. The average Bonchev–Trinajstić information content (AvgIpc) is 2.28. The van der Waals surface area contributed by atoms with E-state index in [0.717, 1.165) is 5.56 Å². The summed E-state index contributed by atoms with van der Waals surface area (Å²) in [4.78, 5) is 13.2. The van der Waals surface area contributed by atoms with Crippen LogP contribution in [0, 0.1) is 5.41 Å². The van der Waals surface area contributed by atoms with Crippen LogP contribution in [0.1, 0.15) is 29.8 Å². The SMILES string of the molecule is CC(C)OC(=O)c1ccc(CN(C)C(=N)N)cc1. The fourth-order valence-corrected chi connectivity index (χ4v) is 1.39. The first-order valence-corrected chi connectivity index (χ1v) is 5.75. The fourth-order valence-electron chi connectivity index (χ4n) is 1.39. The number of nitrogens with two attached hydrogens (primary N) is 1. The number of rotatable bonds is 4. The molecule has 0 aromatic heterocycles. The lowest BCUT2D eigenvalue weighted by Crippen LogP contribution is -2.32. The largest absolute Gasteiger partial charge is 0.459 e. The Morgan fingerprint density at radius 3 is 2.39 bits per heavy atom. The summed E-state index contributed by atoms with van der Waals surface area (Å²) in [5.74, 6) is -0.310. The van der Waals surface area contributed by atoms with Crippen molar-refractivity contribution in [1.29, 1.82) is 5.41 Å². The predicted molar refractivity (Wildman–Crippen MR) is 70.4 cm³/mol. The van der Waals surface area contributed by atoms with Gasteiger partial charge >= 0.3 is 5.97 Å². The van der Waals surface area contributed by atoms with Crippen molar-refractivity contribution in [2.24, 2.45) is 5.73 Å². The van der Waals surface area contributed by atoms with Crippen LogP contribution in [-0.4, -0.2) is 30.0 Å². The molecule has 1 rings (SSSR count). The van der Waals surface area contributed by atoms with E-state index < -0.39 is 0 Å². The van der Waals surface area contributed by atoms with Crippen LogP contribution in [0.25, 0.3) is 0 Å². The van der Waals surface area contributed by atoms with Gasteiger partial charge in [0, 0.05) is 13.6 Å². The third-order valence-electron chi connectivity index (χ3n) is 2.36. The second-order valence-electron chi connectivity index (χ2n) is 4.39. The maximum Gasteiger partial charge on any atom is 0.338 e. The zero-order chi connectivity index (χ0) is 13.7. The van der Waals surface area contributed by atoms with E-state index in [4.69, 9.17) is 15.9 Å². The van der Waals surface area contributed by atoms with Crippen molar-refractivity contribution in [2.75, 3.05) is 7.05 Å². The monoisotopic (exact) mass is 249 g/mol. The molecule has 0 heterocycles. The van der Waals surface area contributed by atoms with Gasteiger partial charge in [-0.05, 0) is 31.5 Å². The summed E-state index contributed by atoms with van der Waals surface area (Å²) in [6.45, 7) is 4.16. The van der Waals surface area contributed by atoms with Gasteiger partial charge in [0.25, 0.3) is 0 Å². The number of hydrogen-bond acceptors (Lipinski definition) is 3. The van der Waals surface area contributed by atoms with E-state index in [1.165, 1.54) is 0 Å². The third kappa shape index (κ3) is 4.08. The summed E-state index contributed by atoms with van der Waals surface area (Å²) in [5.41, 5.74) is 6.86. The van der Waals surface area contributed by atoms with Crippen LogP contribution < -0.4 is 5.73 Å². The molecule has 0 aliphatic rings. The standard InChI is InChI=1S/C13H19N3O2/c1-9(2)18-12(17)11-6-4-10(5-7-11)8-16(3)13(14)15/h4-7,9H,8H2,1-3H3,(H3,14,15). The van der Waals surface area contributed by atoms with Crippen LogP contribution in [0.5, 0.6) is 0 Å². The van der Waals surface area contributed by atoms with Crippen LogP contribution in [0.3, 0.4) is 0 Å². The zero-order valence-corrected chi connectivity index (χ0v) is 10.9. The zero-order valence-electron chi connectivity index (χ0n) is 10.9. The van der Waals surface area contributed by atoms with E-state index in [1.807, 2.05) is 26.0 Å². The van der Waals surface area contributed by atoms with E-state index in [2.05, 4.69) is 0 Å². The number of guanidine groups is 1. The fraction of sp³-hybridized carbons (Fsp3) is 0.385. The Kier molecular flexibility index (Phi) is 4.71. The molecule has 0 amide bonds. The Balaban J connectivity index is 2.68. The van der Waals surface area contributed by atoms with Gasteiger partial charge in [0.2, 0.25) is 0 Å². The molecule has 1 aromatic rings. The summed E-state index contributed by atoms with van der Waals surface area (Å²) >= 11 is 0. The van der Waals surface area contributed by atoms with E-state index in [-0.39, 0.29) is 18.0 Å². The Labute approximate surface area is 107 Å². The summed E-state index contributed by atoms with van der Waals surface area (Å²) in [6.07, 6.45) is -0.124. The lowest BCUT2D eigenvalue weighted by atomic mass is 10.1. The Morgan fingerprint density at radius 2 is 1.94 bits per heavy atom. The number of esters is 1. The number of carbonyl (C=O) groups excluding carboxylic acids is 1. The maximum atomic E-state index is 11.6. The van der Waals surface area contributed by atoms with Crippen LogP contribution in [0.2, 0.25) is 0 Å². The molecule has 0 radical (unpaired) electrons. The van der Waals surface area contributed by atoms with Crippen molar-refractivity contribution < 1.29 is 9.53 Å². The molecule has 1 aromatic carbocycles. The number of ether oxygens (including phenoxy) is 1. The molecule has 0 saturated heterocycles. The lowest BCUT2D eigenvalue weighted by molar-refractivity contribution is 0.0378. The van der Waals surface area contributed by atoms with E-state index in [0.29, 0.717) is 12.1 Å². The van der Waals surface area contributed by atoms with Gasteiger partial charge in [0.15, 0.2) is 5.96 Å². The van der Waals surface area contributed by atoms with Crippen molar-refractivity contribution in [3.05, 3.63) is 35.4 Å². The molecule has 5 nitrogen and oxygen atoms in total. The van der Waals surface area contributed by atoms with Gasteiger partial charge in [-0.25, -0.2) is 4.79 Å². The van der Waals surface area contributed by atoms with Crippen molar-refractivity contribution in [2.45, 2.75) is 26.5 Å². The number of carbonyl (C=O) groups is 1. The van der Waals surface area contributed by atoms with Gasteiger partial charge in [-0.1, -0.05) is 12.1 Å². The van der Waals surface area contributed by atoms with Crippen LogP contribution in [0.4, 0.5) is 0 Å². The molecule has 5 heteroatoms. The molecule has 0 bridgehead atoms. The summed E-state index contributed by atoms with van der Waals surface area (Å²) in [6, 6.07) is 7.09. The van der Waals surface area contributed by atoms with Gasteiger partial charge < -0.3 is 15.4 Å². The minimum atomic E-state index is -0.323. The molecule has 98 valence electrons. The molecule has 18 heavy (non-hydrogen) atoms. The van der Waals surface area contributed by atoms with E-state index in [9.17, 15) is 4.79 Å². The van der Waals surface area contributed by atoms with E-state index >= 15 is 0 Å². The Morgan fingerprint density at radius 1 is 1.39 bits per heavy atom. The normalized spacial score (nSPS) is 10.2. The topological polar surface area (TPSA) is 79.4 Å². The van der Waals surface area contributed by atoms with Crippen molar-refractivity contribution in [1.82, 2.24) is 4.90 Å². The van der Waals surface area contributed by atoms with Gasteiger partial charge in [0.05, 0.1) is 11.7 Å². The average molecular weight is 249 g/mol. The number of nitrogens with zero attached hydrogens (tertiary/aromatic N) is 1. The number of nitrogens with one attached hydrogen (secondary N) is 1. The number of hydrogen-bond donors (Lipinski definition) is 2. The quantitative estimate of drug-likeness (QED) is 0.482. The maximum absolute atomic E-state index is 11.6. The predicted octanol–water partition coefficient (Wildman–Crippen LogP) is 1.58. The van der Waals surface area contributed by atoms with Crippen molar-refractivity contribution in [3.63, 3.8) is 0 Å². The summed E-state index contributed by atoms with van der Waals surface area (Å²) in [7, 11) is 1.74. The molecule has 0 aliphatic carbocycles.